The van der Waals surface area contributed by atoms with E-state index in [1.165, 1.54) is 25.0 Å². The molecule has 0 aromatic heterocycles. The molecule has 0 saturated heterocycles. The lowest BCUT2D eigenvalue weighted by Crippen LogP contribution is -2.28. The third-order valence-electron chi connectivity index (χ3n) is 3.54. The van der Waals surface area contributed by atoms with Gasteiger partial charge in [0.1, 0.15) is 4.90 Å². The molecule has 1 aliphatic carbocycles. The summed E-state index contributed by atoms with van der Waals surface area (Å²) >= 11 is 9.17. The van der Waals surface area contributed by atoms with Crippen LogP contribution in [0, 0.1) is 5.92 Å². The quantitative estimate of drug-likeness (QED) is 0.758. The molecule has 1 fully saturated rings. The Morgan fingerprint density at radius 3 is 2.52 bits per heavy atom. The summed E-state index contributed by atoms with van der Waals surface area (Å²) in [5, 5.41) is 2.65. The maximum absolute atomic E-state index is 12.2. The van der Waals surface area contributed by atoms with E-state index in [9.17, 15) is 13.2 Å². The van der Waals surface area contributed by atoms with E-state index in [2.05, 4.69) is 21.2 Å². The highest BCUT2D eigenvalue weighted by Crippen LogP contribution is 2.32. The van der Waals surface area contributed by atoms with Crippen molar-refractivity contribution in [2.75, 3.05) is 6.54 Å². The molecule has 1 amide bonds. The number of halogens is 3. The van der Waals surface area contributed by atoms with E-state index < -0.39 is 15.0 Å². The van der Waals surface area contributed by atoms with Crippen molar-refractivity contribution in [2.24, 2.45) is 5.92 Å². The lowest BCUT2D eigenvalue weighted by Gasteiger charge is -2.12. The second kappa shape index (κ2) is 6.86. The van der Waals surface area contributed by atoms with E-state index in [0.29, 0.717) is 16.9 Å². The summed E-state index contributed by atoms with van der Waals surface area (Å²) in [4.78, 5) is 11.9. The predicted molar refractivity (Wildman–Crippen MR) is 86.5 cm³/mol. The van der Waals surface area contributed by atoms with Crippen molar-refractivity contribution in [2.45, 2.75) is 30.6 Å². The normalized spacial score (nSPS) is 16.1. The molecule has 0 bridgehead atoms. The standard InChI is InChI=1S/C13H14BrCl2NO3S/c14-9-5-10(12(15)11(6-9)21(16,19)20)13(18)17-7-8-3-1-2-4-8/h5-6,8H,1-4,7H2,(H,17,18). The van der Waals surface area contributed by atoms with Crippen LogP contribution in [0.3, 0.4) is 0 Å². The molecule has 21 heavy (non-hydrogen) atoms. The van der Waals surface area contributed by atoms with Gasteiger partial charge in [-0.05, 0) is 30.9 Å². The Labute approximate surface area is 141 Å². The molecule has 1 saturated carbocycles. The first-order valence-corrected chi connectivity index (χ1v) is 9.99. The Kier molecular flexibility index (Phi) is 5.57. The molecule has 0 aliphatic heterocycles. The molecule has 4 nitrogen and oxygen atoms in total. The van der Waals surface area contributed by atoms with Crippen LogP contribution >= 0.6 is 38.2 Å². The molecule has 0 unspecified atom stereocenters. The molecule has 2 rings (SSSR count). The van der Waals surface area contributed by atoms with Gasteiger partial charge in [-0.1, -0.05) is 40.4 Å². The molecule has 1 N–H and O–H groups in total. The molecule has 1 aliphatic rings. The van der Waals surface area contributed by atoms with E-state index in [4.69, 9.17) is 22.3 Å². The summed E-state index contributed by atoms with van der Waals surface area (Å²) in [5.41, 5.74) is 0.100. The van der Waals surface area contributed by atoms with Gasteiger partial charge in [0.2, 0.25) is 0 Å². The number of hydrogen-bond acceptors (Lipinski definition) is 3. The van der Waals surface area contributed by atoms with Crippen LogP contribution in [0.25, 0.3) is 0 Å². The maximum atomic E-state index is 12.2. The van der Waals surface area contributed by atoms with Crippen LogP contribution in [-0.4, -0.2) is 20.9 Å². The van der Waals surface area contributed by atoms with E-state index in [1.54, 1.807) is 0 Å². The molecule has 1 aromatic carbocycles. The minimum Gasteiger partial charge on any atom is -0.352 e. The molecule has 0 spiro atoms. The van der Waals surface area contributed by atoms with Crippen LogP contribution in [0.15, 0.2) is 21.5 Å². The fourth-order valence-electron chi connectivity index (χ4n) is 2.45. The van der Waals surface area contributed by atoms with Crippen molar-refractivity contribution in [1.82, 2.24) is 5.32 Å². The summed E-state index contributed by atoms with van der Waals surface area (Å²) in [5.74, 6) is 0.0888. The lowest BCUT2D eigenvalue weighted by atomic mass is 10.1. The predicted octanol–water partition coefficient (Wildman–Crippen LogP) is 3.95. The average molecular weight is 415 g/mol. The third-order valence-corrected chi connectivity index (χ3v) is 5.86. The van der Waals surface area contributed by atoms with Gasteiger partial charge in [0.15, 0.2) is 0 Å². The van der Waals surface area contributed by atoms with E-state index in [-0.39, 0.29) is 15.5 Å². The Hall–Kier alpha value is -0.300. The molecule has 0 heterocycles. The van der Waals surface area contributed by atoms with E-state index in [0.717, 1.165) is 12.8 Å². The summed E-state index contributed by atoms with van der Waals surface area (Å²) in [6.45, 7) is 0.574. The van der Waals surface area contributed by atoms with Crippen molar-refractivity contribution < 1.29 is 13.2 Å². The van der Waals surface area contributed by atoms with E-state index in [1.807, 2.05) is 0 Å². The molecular formula is C13H14BrCl2NO3S. The highest BCUT2D eigenvalue weighted by atomic mass is 79.9. The zero-order chi connectivity index (χ0) is 15.6. The molecule has 116 valence electrons. The fraction of sp³-hybridized carbons (Fsp3) is 0.462. The number of nitrogens with one attached hydrogen (secondary N) is 1. The first-order valence-electron chi connectivity index (χ1n) is 6.51. The molecule has 8 heteroatoms. The summed E-state index contributed by atoms with van der Waals surface area (Å²) < 4.78 is 23.4. The Balaban J connectivity index is 2.22. The van der Waals surface area contributed by atoms with Crippen LogP contribution in [0.1, 0.15) is 36.0 Å². The van der Waals surface area contributed by atoms with Crippen molar-refractivity contribution >= 4 is 53.2 Å². The first kappa shape index (κ1) is 17.1. The van der Waals surface area contributed by atoms with Gasteiger partial charge in [-0.15, -0.1) is 0 Å². The van der Waals surface area contributed by atoms with Gasteiger partial charge >= 0.3 is 0 Å². The van der Waals surface area contributed by atoms with Crippen molar-refractivity contribution in [1.29, 1.82) is 0 Å². The summed E-state index contributed by atoms with van der Waals surface area (Å²) in [6.07, 6.45) is 4.58. The highest BCUT2D eigenvalue weighted by Gasteiger charge is 2.23. The molecule has 0 atom stereocenters. The maximum Gasteiger partial charge on any atom is 0.262 e. The van der Waals surface area contributed by atoms with Crippen LogP contribution in [0.2, 0.25) is 5.02 Å². The second-order valence-electron chi connectivity index (χ2n) is 5.06. The van der Waals surface area contributed by atoms with Crippen LogP contribution < -0.4 is 5.32 Å². The van der Waals surface area contributed by atoms with Crippen LogP contribution in [0.5, 0.6) is 0 Å². The zero-order valence-corrected chi connectivity index (χ0v) is 14.9. The van der Waals surface area contributed by atoms with Gasteiger partial charge in [-0.2, -0.15) is 0 Å². The Morgan fingerprint density at radius 1 is 1.33 bits per heavy atom. The van der Waals surface area contributed by atoms with E-state index >= 15 is 0 Å². The minimum atomic E-state index is -4.01. The number of hydrogen-bond donors (Lipinski definition) is 1. The third kappa shape index (κ3) is 4.34. The Morgan fingerprint density at radius 2 is 1.95 bits per heavy atom. The van der Waals surface area contributed by atoms with Crippen molar-refractivity contribution in [3.63, 3.8) is 0 Å². The topological polar surface area (TPSA) is 63.2 Å². The number of benzene rings is 1. The Bertz CT molecular complexity index is 658. The van der Waals surface area contributed by atoms with Crippen molar-refractivity contribution in [3.8, 4) is 0 Å². The number of carbonyl (C=O) groups excluding carboxylic acids is 1. The second-order valence-corrected chi connectivity index (χ2v) is 8.89. The van der Waals surface area contributed by atoms with Gasteiger partial charge in [-0.25, -0.2) is 8.42 Å². The van der Waals surface area contributed by atoms with Gasteiger partial charge < -0.3 is 5.32 Å². The monoisotopic (exact) mass is 413 g/mol. The smallest absolute Gasteiger partial charge is 0.262 e. The largest absolute Gasteiger partial charge is 0.352 e. The highest BCUT2D eigenvalue weighted by molar-refractivity contribution is 9.10. The van der Waals surface area contributed by atoms with Crippen LogP contribution in [-0.2, 0) is 9.05 Å². The van der Waals surface area contributed by atoms with Gasteiger partial charge in [0.05, 0.1) is 10.6 Å². The molecule has 0 radical (unpaired) electrons. The minimum absolute atomic E-state index is 0.100. The lowest BCUT2D eigenvalue weighted by molar-refractivity contribution is 0.0947. The summed E-state index contributed by atoms with van der Waals surface area (Å²) in [7, 11) is 1.32. The van der Waals surface area contributed by atoms with Gasteiger partial charge in [0, 0.05) is 21.7 Å². The number of rotatable bonds is 4. The SMILES string of the molecule is O=C(NCC1CCCC1)c1cc(Br)cc(S(=O)(=O)Cl)c1Cl. The molecular weight excluding hydrogens is 401 g/mol. The summed E-state index contributed by atoms with van der Waals surface area (Å²) in [6, 6.07) is 2.76. The van der Waals surface area contributed by atoms with Gasteiger partial charge in [0.25, 0.3) is 15.0 Å². The molecule has 1 aromatic rings. The number of carbonyl (C=O) groups is 1. The van der Waals surface area contributed by atoms with Crippen molar-refractivity contribution in [3.05, 3.63) is 27.2 Å². The number of amides is 1. The fourth-order valence-corrected chi connectivity index (χ4v) is 4.64. The average Bonchev–Trinajstić information content (AvgIpc) is 2.90. The van der Waals surface area contributed by atoms with Crippen LogP contribution in [0.4, 0.5) is 0 Å². The zero-order valence-electron chi connectivity index (χ0n) is 11.0. The first-order chi connectivity index (χ1) is 9.79. The van der Waals surface area contributed by atoms with Gasteiger partial charge in [-0.3, -0.25) is 4.79 Å².